The van der Waals surface area contributed by atoms with Crippen molar-refractivity contribution < 1.29 is 14.7 Å². The number of carbonyl (C=O) groups excluding carboxylic acids is 1. The van der Waals surface area contributed by atoms with Gasteiger partial charge in [0.25, 0.3) is 5.91 Å². The molecule has 0 heterocycles. The maximum absolute atomic E-state index is 12.8. The highest BCUT2D eigenvalue weighted by molar-refractivity contribution is 6.05. The van der Waals surface area contributed by atoms with Crippen LogP contribution in [0.25, 0.3) is 11.1 Å². The second kappa shape index (κ2) is 7.53. The summed E-state index contributed by atoms with van der Waals surface area (Å²) < 4.78 is 0. The molecular weight excluding hydrogens is 364 g/mol. The predicted molar refractivity (Wildman–Crippen MR) is 113 cm³/mol. The summed E-state index contributed by atoms with van der Waals surface area (Å²) in [5.74, 6) is -1.22. The van der Waals surface area contributed by atoms with Crippen LogP contribution in [0.1, 0.15) is 34.3 Å². The molecule has 0 radical (unpaired) electrons. The van der Waals surface area contributed by atoms with Crippen molar-refractivity contribution >= 4 is 17.6 Å². The number of nitrogens with two attached hydrogens (primary N) is 1. The molecular formula is C24H22N2O3. The monoisotopic (exact) mass is 386 g/mol. The van der Waals surface area contributed by atoms with E-state index in [4.69, 9.17) is 10.8 Å². The van der Waals surface area contributed by atoms with E-state index in [-0.39, 0.29) is 17.9 Å². The van der Waals surface area contributed by atoms with Gasteiger partial charge in [-0.2, -0.15) is 0 Å². The SMILES string of the molecule is NC1(c2cccc(-c3cccc(C(=O)Nc4ccccc4CC(=O)O)c3)c2)CC1. The molecule has 1 fully saturated rings. The third-order valence-electron chi connectivity index (χ3n) is 5.29. The van der Waals surface area contributed by atoms with Crippen LogP contribution >= 0.6 is 0 Å². The molecule has 3 aromatic carbocycles. The highest BCUT2D eigenvalue weighted by Crippen LogP contribution is 2.43. The van der Waals surface area contributed by atoms with Gasteiger partial charge in [0.15, 0.2) is 0 Å². The highest BCUT2D eigenvalue weighted by atomic mass is 16.4. The molecule has 4 rings (SSSR count). The van der Waals surface area contributed by atoms with Gasteiger partial charge in [-0.3, -0.25) is 9.59 Å². The fraction of sp³-hybridized carbons (Fsp3) is 0.167. The molecule has 0 spiro atoms. The van der Waals surface area contributed by atoms with Gasteiger partial charge in [-0.15, -0.1) is 0 Å². The lowest BCUT2D eigenvalue weighted by atomic mass is 9.97. The first-order valence-corrected chi connectivity index (χ1v) is 9.55. The highest BCUT2D eigenvalue weighted by Gasteiger charge is 2.39. The van der Waals surface area contributed by atoms with Crippen molar-refractivity contribution in [3.05, 3.63) is 89.5 Å². The Morgan fingerprint density at radius 2 is 1.62 bits per heavy atom. The van der Waals surface area contributed by atoms with E-state index in [0.29, 0.717) is 16.8 Å². The number of hydrogen-bond acceptors (Lipinski definition) is 3. The molecule has 0 aliphatic heterocycles. The number of aliphatic carboxylic acids is 1. The molecule has 146 valence electrons. The number of amides is 1. The third-order valence-corrected chi connectivity index (χ3v) is 5.29. The zero-order chi connectivity index (χ0) is 20.4. The average molecular weight is 386 g/mol. The van der Waals surface area contributed by atoms with E-state index < -0.39 is 5.97 Å². The molecule has 1 amide bonds. The molecule has 3 aromatic rings. The quantitative estimate of drug-likeness (QED) is 0.592. The Morgan fingerprint density at radius 1 is 0.931 bits per heavy atom. The van der Waals surface area contributed by atoms with Gasteiger partial charge in [0.05, 0.1) is 6.42 Å². The molecule has 0 aromatic heterocycles. The molecule has 29 heavy (non-hydrogen) atoms. The summed E-state index contributed by atoms with van der Waals surface area (Å²) in [5, 5.41) is 11.9. The Morgan fingerprint density at radius 3 is 2.34 bits per heavy atom. The van der Waals surface area contributed by atoms with Crippen LogP contribution in [0.2, 0.25) is 0 Å². The topological polar surface area (TPSA) is 92.4 Å². The van der Waals surface area contributed by atoms with Crippen LogP contribution in [0.4, 0.5) is 5.69 Å². The van der Waals surface area contributed by atoms with Gasteiger partial charge in [0.1, 0.15) is 0 Å². The normalized spacial score (nSPS) is 14.2. The van der Waals surface area contributed by atoms with E-state index in [9.17, 15) is 9.59 Å². The maximum Gasteiger partial charge on any atom is 0.307 e. The van der Waals surface area contributed by atoms with E-state index in [2.05, 4.69) is 11.4 Å². The van der Waals surface area contributed by atoms with Gasteiger partial charge in [0, 0.05) is 16.8 Å². The van der Waals surface area contributed by atoms with Crippen molar-refractivity contribution in [2.45, 2.75) is 24.8 Å². The summed E-state index contributed by atoms with van der Waals surface area (Å²) in [7, 11) is 0. The number of para-hydroxylation sites is 1. The Balaban J connectivity index is 1.58. The molecule has 1 aliphatic carbocycles. The summed E-state index contributed by atoms with van der Waals surface area (Å²) >= 11 is 0. The van der Waals surface area contributed by atoms with Crippen LogP contribution in [0.5, 0.6) is 0 Å². The van der Waals surface area contributed by atoms with E-state index in [1.807, 2.05) is 36.4 Å². The summed E-state index contributed by atoms with van der Waals surface area (Å²) in [4.78, 5) is 23.9. The number of carbonyl (C=O) groups is 2. The average Bonchev–Trinajstić information content (AvgIpc) is 3.48. The minimum absolute atomic E-state index is 0.149. The standard InChI is InChI=1S/C24H22N2O3/c25-24(11-12-24)20-9-4-7-17(14-20)16-6-3-8-19(13-16)23(29)26-21-10-2-1-5-18(21)15-22(27)28/h1-10,13-14H,11-12,15,25H2,(H,26,29)(H,27,28). The zero-order valence-corrected chi connectivity index (χ0v) is 15.9. The number of benzene rings is 3. The van der Waals surface area contributed by atoms with Crippen molar-refractivity contribution in [2.75, 3.05) is 5.32 Å². The van der Waals surface area contributed by atoms with Gasteiger partial charge in [-0.25, -0.2) is 0 Å². The number of carboxylic acids is 1. The van der Waals surface area contributed by atoms with E-state index in [1.165, 1.54) is 0 Å². The van der Waals surface area contributed by atoms with Gasteiger partial charge in [0.2, 0.25) is 0 Å². The van der Waals surface area contributed by atoms with Crippen molar-refractivity contribution in [3.8, 4) is 11.1 Å². The smallest absolute Gasteiger partial charge is 0.307 e. The largest absolute Gasteiger partial charge is 0.481 e. The Bertz CT molecular complexity index is 1090. The molecule has 0 unspecified atom stereocenters. The van der Waals surface area contributed by atoms with Crippen LogP contribution < -0.4 is 11.1 Å². The molecule has 5 nitrogen and oxygen atoms in total. The second-order valence-electron chi connectivity index (χ2n) is 7.50. The number of anilines is 1. The summed E-state index contributed by atoms with van der Waals surface area (Å²) in [6.45, 7) is 0. The van der Waals surface area contributed by atoms with Crippen LogP contribution in [0.15, 0.2) is 72.8 Å². The lowest BCUT2D eigenvalue weighted by Gasteiger charge is -2.13. The lowest BCUT2D eigenvalue weighted by molar-refractivity contribution is -0.136. The molecule has 1 aliphatic rings. The van der Waals surface area contributed by atoms with Gasteiger partial charge in [-0.05, 0) is 59.4 Å². The molecule has 0 atom stereocenters. The van der Waals surface area contributed by atoms with Crippen LogP contribution in [0, 0.1) is 0 Å². The van der Waals surface area contributed by atoms with Gasteiger partial charge < -0.3 is 16.2 Å². The van der Waals surface area contributed by atoms with Gasteiger partial charge in [-0.1, -0.05) is 48.5 Å². The fourth-order valence-electron chi connectivity index (χ4n) is 3.43. The predicted octanol–water partition coefficient (Wildman–Crippen LogP) is 4.18. The Hall–Kier alpha value is -3.44. The first-order chi connectivity index (χ1) is 13.9. The zero-order valence-electron chi connectivity index (χ0n) is 15.9. The lowest BCUT2D eigenvalue weighted by Crippen LogP contribution is -2.18. The fourth-order valence-corrected chi connectivity index (χ4v) is 3.43. The van der Waals surface area contributed by atoms with Crippen molar-refractivity contribution in [3.63, 3.8) is 0 Å². The third kappa shape index (κ3) is 4.20. The first-order valence-electron chi connectivity index (χ1n) is 9.55. The van der Waals surface area contributed by atoms with Gasteiger partial charge >= 0.3 is 5.97 Å². The number of carboxylic acid groups (broad SMARTS) is 1. The first kappa shape index (κ1) is 18.9. The number of hydrogen-bond donors (Lipinski definition) is 3. The minimum atomic E-state index is -0.943. The molecule has 5 heteroatoms. The number of rotatable bonds is 6. The van der Waals surface area contributed by atoms with Crippen LogP contribution in [0.3, 0.4) is 0 Å². The van der Waals surface area contributed by atoms with Crippen LogP contribution in [-0.2, 0) is 16.8 Å². The van der Waals surface area contributed by atoms with E-state index >= 15 is 0 Å². The Labute approximate surface area is 169 Å². The summed E-state index contributed by atoms with van der Waals surface area (Å²) in [6, 6.07) is 22.5. The van der Waals surface area contributed by atoms with Crippen molar-refractivity contribution in [2.24, 2.45) is 5.73 Å². The number of nitrogens with one attached hydrogen (secondary N) is 1. The van der Waals surface area contributed by atoms with Crippen molar-refractivity contribution in [1.29, 1.82) is 0 Å². The summed E-state index contributed by atoms with van der Waals surface area (Å²) in [5.41, 5.74) is 10.8. The van der Waals surface area contributed by atoms with E-state index in [0.717, 1.165) is 29.5 Å². The van der Waals surface area contributed by atoms with Crippen molar-refractivity contribution in [1.82, 2.24) is 0 Å². The minimum Gasteiger partial charge on any atom is -0.481 e. The molecule has 0 bridgehead atoms. The molecule has 0 saturated heterocycles. The second-order valence-corrected chi connectivity index (χ2v) is 7.50. The molecule has 1 saturated carbocycles. The maximum atomic E-state index is 12.8. The van der Waals surface area contributed by atoms with E-state index in [1.54, 1.807) is 30.3 Å². The Kier molecular flexibility index (Phi) is 4.91. The summed E-state index contributed by atoms with van der Waals surface area (Å²) in [6.07, 6.45) is 1.84. The molecule has 4 N–H and O–H groups in total. The van der Waals surface area contributed by atoms with Crippen LogP contribution in [-0.4, -0.2) is 17.0 Å².